The molecule has 1 amide bonds. The summed E-state index contributed by atoms with van der Waals surface area (Å²) in [6.45, 7) is 6.81. The van der Waals surface area contributed by atoms with E-state index in [0.29, 0.717) is 17.8 Å². The molecular formula is C23H27ClN4O2. The molecule has 1 saturated heterocycles. The first-order valence-electron chi connectivity index (χ1n) is 10.0. The zero-order chi connectivity index (χ0) is 20.1. The maximum absolute atomic E-state index is 13.0. The zero-order valence-electron chi connectivity index (χ0n) is 17.1. The maximum atomic E-state index is 13.0. The number of aryl methyl sites for hydroxylation is 1. The van der Waals surface area contributed by atoms with Crippen molar-refractivity contribution in [1.29, 1.82) is 0 Å². The van der Waals surface area contributed by atoms with Crippen molar-refractivity contribution in [2.24, 2.45) is 0 Å². The first kappa shape index (κ1) is 22.0. The quantitative estimate of drug-likeness (QED) is 0.656. The predicted molar refractivity (Wildman–Crippen MR) is 121 cm³/mol. The number of hydrogen-bond donors (Lipinski definition) is 1. The van der Waals surface area contributed by atoms with E-state index in [1.807, 2.05) is 67.7 Å². The molecule has 4 rings (SSSR count). The van der Waals surface area contributed by atoms with E-state index < -0.39 is 0 Å². The number of nitrogens with one attached hydrogen (secondary N) is 1. The Morgan fingerprint density at radius 2 is 1.77 bits per heavy atom. The molecular weight excluding hydrogens is 400 g/mol. The first-order valence-corrected chi connectivity index (χ1v) is 10.0. The Balaban J connectivity index is 0.00000256. The van der Waals surface area contributed by atoms with Crippen LogP contribution >= 0.6 is 12.4 Å². The van der Waals surface area contributed by atoms with Gasteiger partial charge in [-0.1, -0.05) is 48.0 Å². The Morgan fingerprint density at radius 1 is 1.07 bits per heavy atom. The van der Waals surface area contributed by atoms with Gasteiger partial charge in [0.25, 0.3) is 5.91 Å². The minimum absolute atomic E-state index is 0. The van der Waals surface area contributed by atoms with E-state index >= 15 is 0 Å². The van der Waals surface area contributed by atoms with Gasteiger partial charge in [-0.2, -0.15) is 5.10 Å². The van der Waals surface area contributed by atoms with E-state index in [-0.39, 0.29) is 18.3 Å². The number of para-hydroxylation sites is 1. The molecule has 0 spiro atoms. The summed E-state index contributed by atoms with van der Waals surface area (Å²) in [5, 5.41) is 7.79. The number of halogens is 1. The van der Waals surface area contributed by atoms with Crippen molar-refractivity contribution in [3.05, 3.63) is 71.9 Å². The second-order valence-electron chi connectivity index (χ2n) is 7.25. The Bertz CT molecular complexity index is 951. The number of benzene rings is 2. The molecule has 7 heteroatoms. The number of rotatable bonds is 6. The van der Waals surface area contributed by atoms with E-state index in [0.717, 1.165) is 44.1 Å². The first-order chi connectivity index (χ1) is 14.2. The standard InChI is InChI=1S/C23H26N4O2.ClH/c1-18-7-9-19(10-8-18)22-21(17-27(25-22)20-5-3-2-4-6-20)23(28)24-11-12-26-13-15-29-16-14-26;/h2-10,17H,11-16H2,1H3,(H,24,28);1H. The monoisotopic (exact) mass is 426 g/mol. The normalized spacial score (nSPS) is 14.2. The Kier molecular flexibility index (Phi) is 7.63. The summed E-state index contributed by atoms with van der Waals surface area (Å²) in [5.74, 6) is -0.101. The lowest BCUT2D eigenvalue weighted by Gasteiger charge is -2.26. The van der Waals surface area contributed by atoms with Gasteiger partial charge in [-0.05, 0) is 19.1 Å². The highest BCUT2D eigenvalue weighted by molar-refractivity contribution is 5.99. The molecule has 2 heterocycles. The van der Waals surface area contributed by atoms with Gasteiger partial charge < -0.3 is 10.1 Å². The molecule has 0 unspecified atom stereocenters. The fraction of sp³-hybridized carbons (Fsp3) is 0.304. The number of hydrogen-bond acceptors (Lipinski definition) is 4. The van der Waals surface area contributed by atoms with Crippen molar-refractivity contribution in [3.8, 4) is 16.9 Å². The molecule has 0 radical (unpaired) electrons. The molecule has 1 aromatic heterocycles. The third kappa shape index (κ3) is 5.27. The molecule has 1 fully saturated rings. The number of ether oxygens (including phenoxy) is 1. The van der Waals surface area contributed by atoms with E-state index in [1.165, 1.54) is 5.56 Å². The molecule has 1 N–H and O–H groups in total. The third-order valence-electron chi connectivity index (χ3n) is 5.12. The van der Waals surface area contributed by atoms with Crippen molar-refractivity contribution in [2.45, 2.75) is 6.92 Å². The van der Waals surface area contributed by atoms with Gasteiger partial charge >= 0.3 is 0 Å². The van der Waals surface area contributed by atoms with Crippen molar-refractivity contribution >= 4 is 18.3 Å². The van der Waals surface area contributed by atoms with Crippen LogP contribution in [-0.2, 0) is 4.74 Å². The highest BCUT2D eigenvalue weighted by Gasteiger charge is 2.19. The summed E-state index contributed by atoms with van der Waals surface area (Å²) in [6.07, 6.45) is 1.81. The Hall–Kier alpha value is -2.67. The van der Waals surface area contributed by atoms with Gasteiger partial charge in [-0.3, -0.25) is 9.69 Å². The lowest BCUT2D eigenvalue weighted by molar-refractivity contribution is 0.0383. The Morgan fingerprint density at radius 3 is 2.47 bits per heavy atom. The largest absolute Gasteiger partial charge is 0.379 e. The van der Waals surface area contributed by atoms with Gasteiger partial charge in [-0.15, -0.1) is 12.4 Å². The summed E-state index contributed by atoms with van der Waals surface area (Å²) < 4.78 is 7.14. The molecule has 0 bridgehead atoms. The molecule has 158 valence electrons. The number of aromatic nitrogens is 2. The van der Waals surface area contributed by atoms with E-state index in [2.05, 4.69) is 10.2 Å². The number of carbonyl (C=O) groups is 1. The SMILES string of the molecule is Cc1ccc(-c2nn(-c3ccccc3)cc2C(=O)NCCN2CCOCC2)cc1.Cl. The summed E-state index contributed by atoms with van der Waals surface area (Å²) in [6, 6.07) is 17.9. The van der Waals surface area contributed by atoms with Crippen molar-refractivity contribution < 1.29 is 9.53 Å². The fourth-order valence-corrected chi connectivity index (χ4v) is 3.43. The van der Waals surface area contributed by atoms with Gasteiger partial charge in [0.15, 0.2) is 0 Å². The summed E-state index contributed by atoms with van der Waals surface area (Å²) in [7, 11) is 0. The minimum Gasteiger partial charge on any atom is -0.379 e. The number of morpholine rings is 1. The summed E-state index contributed by atoms with van der Waals surface area (Å²) >= 11 is 0. The van der Waals surface area contributed by atoms with Gasteiger partial charge in [0, 0.05) is 37.9 Å². The van der Waals surface area contributed by atoms with Gasteiger partial charge in [0.2, 0.25) is 0 Å². The van der Waals surface area contributed by atoms with Crippen LogP contribution in [-0.4, -0.2) is 60.0 Å². The van der Waals surface area contributed by atoms with Gasteiger partial charge in [0.1, 0.15) is 5.69 Å². The second kappa shape index (κ2) is 10.4. The smallest absolute Gasteiger partial charge is 0.255 e. The molecule has 6 nitrogen and oxygen atoms in total. The van der Waals surface area contributed by atoms with Crippen LogP contribution in [0.4, 0.5) is 0 Å². The molecule has 3 aromatic rings. The number of carbonyl (C=O) groups excluding carboxylic acids is 1. The molecule has 2 aromatic carbocycles. The van der Waals surface area contributed by atoms with E-state index in [9.17, 15) is 4.79 Å². The lowest BCUT2D eigenvalue weighted by atomic mass is 10.1. The van der Waals surface area contributed by atoms with Crippen molar-refractivity contribution in [2.75, 3.05) is 39.4 Å². The molecule has 0 aliphatic carbocycles. The zero-order valence-corrected chi connectivity index (χ0v) is 17.9. The topological polar surface area (TPSA) is 59.4 Å². The maximum Gasteiger partial charge on any atom is 0.255 e. The highest BCUT2D eigenvalue weighted by atomic mass is 35.5. The second-order valence-corrected chi connectivity index (χ2v) is 7.25. The van der Waals surface area contributed by atoms with Crippen LogP contribution in [0, 0.1) is 6.92 Å². The van der Waals surface area contributed by atoms with Crippen LogP contribution < -0.4 is 5.32 Å². The molecule has 1 aliphatic heterocycles. The van der Waals surface area contributed by atoms with Crippen LogP contribution in [0.5, 0.6) is 0 Å². The van der Waals surface area contributed by atoms with Crippen LogP contribution in [0.1, 0.15) is 15.9 Å². The van der Waals surface area contributed by atoms with Crippen LogP contribution in [0.25, 0.3) is 16.9 Å². The van der Waals surface area contributed by atoms with Crippen LogP contribution in [0.15, 0.2) is 60.8 Å². The van der Waals surface area contributed by atoms with Gasteiger partial charge in [0.05, 0.1) is 24.5 Å². The lowest BCUT2D eigenvalue weighted by Crippen LogP contribution is -2.41. The Labute approximate surface area is 183 Å². The minimum atomic E-state index is -0.101. The molecule has 30 heavy (non-hydrogen) atoms. The van der Waals surface area contributed by atoms with E-state index in [1.54, 1.807) is 4.68 Å². The predicted octanol–water partition coefficient (Wildman–Crippen LogP) is 3.33. The number of amides is 1. The average molecular weight is 427 g/mol. The van der Waals surface area contributed by atoms with Crippen molar-refractivity contribution in [1.82, 2.24) is 20.0 Å². The summed E-state index contributed by atoms with van der Waals surface area (Å²) in [5.41, 5.74) is 4.31. The summed E-state index contributed by atoms with van der Waals surface area (Å²) in [4.78, 5) is 15.3. The van der Waals surface area contributed by atoms with Crippen molar-refractivity contribution in [3.63, 3.8) is 0 Å². The fourth-order valence-electron chi connectivity index (χ4n) is 3.43. The van der Waals surface area contributed by atoms with Gasteiger partial charge in [-0.25, -0.2) is 4.68 Å². The highest BCUT2D eigenvalue weighted by Crippen LogP contribution is 2.24. The third-order valence-corrected chi connectivity index (χ3v) is 5.12. The molecule has 0 saturated carbocycles. The van der Waals surface area contributed by atoms with Crippen LogP contribution in [0.2, 0.25) is 0 Å². The molecule has 1 aliphatic rings. The molecule has 0 atom stereocenters. The van der Waals surface area contributed by atoms with Crippen LogP contribution in [0.3, 0.4) is 0 Å². The number of nitrogens with zero attached hydrogens (tertiary/aromatic N) is 3. The van der Waals surface area contributed by atoms with E-state index in [4.69, 9.17) is 9.84 Å². The average Bonchev–Trinajstić information content (AvgIpc) is 3.21.